The van der Waals surface area contributed by atoms with Gasteiger partial charge in [0.25, 0.3) is 5.91 Å². The zero-order valence-electron chi connectivity index (χ0n) is 20.0. The largest absolute Gasteiger partial charge is 0.478 e. The molecule has 1 atom stereocenters. The Bertz CT molecular complexity index is 1240. The molecule has 0 unspecified atom stereocenters. The molecule has 0 saturated heterocycles. The predicted molar refractivity (Wildman–Crippen MR) is 130 cm³/mol. The topological polar surface area (TPSA) is 127 Å². The van der Waals surface area contributed by atoms with E-state index < -0.39 is 17.8 Å². The lowest BCUT2D eigenvalue weighted by Crippen LogP contribution is -2.21. The molecule has 1 aliphatic carbocycles. The highest BCUT2D eigenvalue weighted by molar-refractivity contribution is 6.13. The van der Waals surface area contributed by atoms with Crippen molar-refractivity contribution in [3.05, 3.63) is 82.2 Å². The maximum absolute atomic E-state index is 12.8. The van der Waals surface area contributed by atoms with Crippen molar-refractivity contribution >= 4 is 23.5 Å². The minimum Gasteiger partial charge on any atom is -0.478 e. The van der Waals surface area contributed by atoms with Crippen molar-refractivity contribution in [2.45, 2.75) is 45.4 Å². The van der Waals surface area contributed by atoms with Gasteiger partial charge in [-0.05, 0) is 66.1 Å². The number of carbonyl (C=O) groups excluding carboxylic acids is 2. The van der Waals surface area contributed by atoms with Gasteiger partial charge in [-0.25, -0.2) is 4.79 Å². The van der Waals surface area contributed by atoms with Gasteiger partial charge in [0.1, 0.15) is 0 Å². The molecular weight excluding hydrogens is 432 g/mol. The molecule has 2 aromatic carbocycles. The Labute approximate surface area is 198 Å². The number of carboxylic acid groups (broad SMARTS) is 1. The molecule has 4 N–H and O–H groups in total. The van der Waals surface area contributed by atoms with Crippen LogP contribution in [0.25, 0.3) is 0 Å². The van der Waals surface area contributed by atoms with E-state index >= 15 is 0 Å². The molecule has 1 heterocycles. The molecule has 0 fully saturated rings. The van der Waals surface area contributed by atoms with Crippen LogP contribution in [0, 0.1) is 6.92 Å². The van der Waals surface area contributed by atoms with E-state index in [4.69, 9.17) is 10.8 Å². The molecule has 4 rings (SSSR count). The van der Waals surface area contributed by atoms with E-state index in [0.717, 1.165) is 23.7 Å². The predicted octanol–water partition coefficient (Wildman–Crippen LogP) is 4.25. The van der Waals surface area contributed by atoms with Crippen LogP contribution >= 0.6 is 0 Å². The number of aromatic nitrogens is 2. The van der Waals surface area contributed by atoms with Crippen LogP contribution in [0.1, 0.15) is 81.0 Å². The van der Waals surface area contributed by atoms with Crippen molar-refractivity contribution in [3.63, 3.8) is 0 Å². The minimum atomic E-state index is -1.19. The van der Waals surface area contributed by atoms with Gasteiger partial charge in [0, 0.05) is 18.9 Å². The molecule has 8 nitrogen and oxygen atoms in total. The lowest BCUT2D eigenvalue weighted by atomic mass is 9.86. The minimum absolute atomic E-state index is 0.0248. The molecule has 0 saturated carbocycles. The summed E-state index contributed by atoms with van der Waals surface area (Å²) in [6.45, 7) is 8.45. The number of amides is 2. The number of nitrogens with zero attached hydrogens (tertiary/aromatic N) is 2. The van der Waals surface area contributed by atoms with E-state index in [9.17, 15) is 14.4 Å². The fourth-order valence-corrected chi connectivity index (χ4v) is 4.57. The van der Waals surface area contributed by atoms with E-state index in [0.29, 0.717) is 5.69 Å². The summed E-state index contributed by atoms with van der Waals surface area (Å²) in [5, 5.41) is 16.0. The van der Waals surface area contributed by atoms with Crippen LogP contribution in [0.15, 0.2) is 48.7 Å². The summed E-state index contributed by atoms with van der Waals surface area (Å²) in [5.74, 6) is -2.25. The number of primary amides is 1. The first-order valence-corrected chi connectivity index (χ1v) is 11.0. The first kappa shape index (κ1) is 24.7. The monoisotopic (exact) mass is 462 g/mol. The number of fused-ring (bicyclic) bond motifs is 1. The zero-order chi connectivity index (χ0) is 25.2. The van der Waals surface area contributed by atoms with E-state index in [-0.39, 0.29) is 28.0 Å². The Hall–Kier alpha value is -3.94. The summed E-state index contributed by atoms with van der Waals surface area (Å²) in [7, 11) is 1.91. The van der Waals surface area contributed by atoms with Crippen LogP contribution in [-0.4, -0.2) is 32.7 Å². The molecule has 34 heavy (non-hydrogen) atoms. The lowest BCUT2D eigenvalue weighted by molar-refractivity contribution is 0.0696. The first-order valence-electron chi connectivity index (χ1n) is 11.0. The third-order valence-electron chi connectivity index (χ3n) is 6.02. The number of aryl methyl sites for hydroxylation is 2. The highest BCUT2D eigenvalue weighted by atomic mass is 16.4. The second kappa shape index (κ2) is 9.51. The van der Waals surface area contributed by atoms with Crippen molar-refractivity contribution in [2.24, 2.45) is 12.8 Å². The van der Waals surface area contributed by atoms with E-state index in [1.807, 2.05) is 38.4 Å². The Balaban J connectivity index is 0.000000396. The van der Waals surface area contributed by atoms with Gasteiger partial charge in [0.15, 0.2) is 0 Å². The lowest BCUT2D eigenvalue weighted by Gasteiger charge is -2.19. The second-order valence-electron chi connectivity index (χ2n) is 9.27. The maximum Gasteiger partial charge on any atom is 0.335 e. The number of nitrogens with two attached hydrogens (primary N) is 1. The van der Waals surface area contributed by atoms with Crippen molar-refractivity contribution in [1.82, 2.24) is 9.78 Å². The number of rotatable bonds is 4. The van der Waals surface area contributed by atoms with Crippen LogP contribution in [0.3, 0.4) is 0 Å². The Morgan fingerprint density at radius 2 is 1.85 bits per heavy atom. The number of hydrogen-bond donors (Lipinski definition) is 3. The number of anilines is 1. The van der Waals surface area contributed by atoms with Crippen molar-refractivity contribution in [1.29, 1.82) is 0 Å². The number of carboxylic acids is 1. The van der Waals surface area contributed by atoms with Crippen molar-refractivity contribution in [3.8, 4) is 0 Å². The summed E-state index contributed by atoms with van der Waals surface area (Å²) in [6, 6.07) is 11.5. The van der Waals surface area contributed by atoms with Crippen molar-refractivity contribution < 1.29 is 19.5 Å². The summed E-state index contributed by atoms with van der Waals surface area (Å²) >= 11 is 0. The summed E-state index contributed by atoms with van der Waals surface area (Å²) in [5.41, 5.74) is 9.28. The summed E-state index contributed by atoms with van der Waals surface area (Å²) in [4.78, 5) is 35.7. The zero-order valence-corrected chi connectivity index (χ0v) is 20.0. The molecule has 0 bridgehead atoms. The number of carbonyl (C=O) groups is 3. The number of aromatic carboxylic acids is 1. The van der Waals surface area contributed by atoms with Crippen LogP contribution in [0.5, 0.6) is 0 Å². The van der Waals surface area contributed by atoms with Gasteiger partial charge in [0.2, 0.25) is 5.91 Å². The van der Waals surface area contributed by atoms with E-state index in [1.165, 1.54) is 17.7 Å². The fourth-order valence-electron chi connectivity index (χ4n) is 4.57. The summed E-state index contributed by atoms with van der Waals surface area (Å²) in [6.07, 6.45) is 2.91. The standard InChI is InChI=1S/C21H22N2O4.C5H8N2/c1-11-10-21(2,3)15-5-4-6-16(17(11)15)23-19(25)13-8-7-12(20(26)27)9-14(13)18(22)24;1-5-3-4-7(2)6-5/h4-9,11H,10H2,1-3H3,(H2,22,24)(H,23,25)(H,26,27);3-4H,1-2H3/t11-;/m1./s1. The Kier molecular flexibility index (Phi) is 6.91. The van der Waals surface area contributed by atoms with Gasteiger partial charge in [-0.1, -0.05) is 32.9 Å². The molecule has 8 heteroatoms. The molecule has 0 radical (unpaired) electrons. The second-order valence-corrected chi connectivity index (χ2v) is 9.27. The summed E-state index contributed by atoms with van der Waals surface area (Å²) < 4.78 is 1.79. The molecule has 178 valence electrons. The van der Waals surface area contributed by atoms with Crippen LogP contribution in [0.2, 0.25) is 0 Å². The molecule has 1 aliphatic rings. The fraction of sp³-hybridized carbons (Fsp3) is 0.308. The average Bonchev–Trinajstić information content (AvgIpc) is 3.26. The van der Waals surface area contributed by atoms with E-state index in [2.05, 4.69) is 37.3 Å². The molecule has 2 amide bonds. The first-order chi connectivity index (χ1) is 15.9. The van der Waals surface area contributed by atoms with Gasteiger partial charge in [-0.15, -0.1) is 0 Å². The number of hydrogen-bond acceptors (Lipinski definition) is 4. The van der Waals surface area contributed by atoms with Crippen molar-refractivity contribution in [2.75, 3.05) is 5.32 Å². The van der Waals surface area contributed by atoms with Gasteiger partial charge in [-0.2, -0.15) is 5.10 Å². The molecule has 0 aliphatic heterocycles. The Morgan fingerprint density at radius 3 is 2.38 bits per heavy atom. The SMILES string of the molecule is C[C@@H]1CC(C)(C)c2cccc(NC(=O)c3ccc(C(=O)O)cc3C(N)=O)c21.Cc1ccn(C)n1. The van der Waals surface area contributed by atoms with Gasteiger partial charge < -0.3 is 16.2 Å². The molecule has 1 aromatic heterocycles. The third-order valence-corrected chi connectivity index (χ3v) is 6.02. The number of benzene rings is 2. The number of nitrogens with one attached hydrogen (secondary N) is 1. The highest BCUT2D eigenvalue weighted by Gasteiger charge is 2.36. The molecular formula is C26H30N4O4. The highest BCUT2D eigenvalue weighted by Crippen LogP contribution is 2.48. The Morgan fingerprint density at radius 1 is 1.15 bits per heavy atom. The normalized spacial score (nSPS) is 15.6. The van der Waals surface area contributed by atoms with Gasteiger partial charge in [-0.3, -0.25) is 14.3 Å². The quantitative estimate of drug-likeness (QED) is 0.534. The smallest absolute Gasteiger partial charge is 0.335 e. The maximum atomic E-state index is 12.8. The van der Waals surface area contributed by atoms with Crippen LogP contribution in [-0.2, 0) is 12.5 Å². The molecule has 3 aromatic rings. The van der Waals surface area contributed by atoms with Gasteiger partial charge >= 0.3 is 5.97 Å². The average molecular weight is 463 g/mol. The van der Waals surface area contributed by atoms with Crippen LogP contribution < -0.4 is 11.1 Å². The van der Waals surface area contributed by atoms with Gasteiger partial charge in [0.05, 0.1) is 22.4 Å². The van der Waals surface area contributed by atoms with E-state index in [1.54, 1.807) is 4.68 Å². The third kappa shape index (κ3) is 5.17. The molecule has 0 spiro atoms. The van der Waals surface area contributed by atoms with Crippen LogP contribution in [0.4, 0.5) is 5.69 Å².